The molecule has 0 aromatic heterocycles. The lowest BCUT2D eigenvalue weighted by Crippen LogP contribution is -2.32. The molecule has 0 heterocycles. The Morgan fingerprint density at radius 2 is 1.95 bits per heavy atom. The zero-order valence-corrected chi connectivity index (χ0v) is 11.9. The van der Waals surface area contributed by atoms with E-state index in [2.05, 4.69) is 0 Å². The predicted molar refractivity (Wildman–Crippen MR) is 74.0 cm³/mol. The number of nitrogens with zero attached hydrogens (tertiary/aromatic N) is 1. The number of carbonyl (C=O) groups is 2. The fourth-order valence-electron chi connectivity index (χ4n) is 1.56. The summed E-state index contributed by atoms with van der Waals surface area (Å²) in [7, 11) is 0. The van der Waals surface area contributed by atoms with E-state index in [1.165, 1.54) is 11.0 Å². The van der Waals surface area contributed by atoms with Gasteiger partial charge in [-0.15, -0.1) is 11.8 Å². The molecule has 0 aliphatic heterocycles. The van der Waals surface area contributed by atoms with Gasteiger partial charge in [0, 0.05) is 13.1 Å². The van der Waals surface area contributed by atoms with Gasteiger partial charge in [0.2, 0.25) is 11.8 Å². The lowest BCUT2D eigenvalue weighted by Gasteiger charge is -2.20. The molecule has 0 fully saturated rings. The van der Waals surface area contributed by atoms with Crippen molar-refractivity contribution < 1.29 is 18.4 Å². The van der Waals surface area contributed by atoms with E-state index in [9.17, 15) is 18.4 Å². The molecular weight excluding hydrogens is 286 g/mol. The smallest absolute Gasteiger partial charge is 0.232 e. The van der Waals surface area contributed by atoms with Crippen molar-refractivity contribution in [1.29, 1.82) is 0 Å². The first-order valence-corrected chi connectivity index (χ1v) is 7.17. The van der Waals surface area contributed by atoms with Gasteiger partial charge in [0.1, 0.15) is 0 Å². The molecule has 0 aliphatic rings. The number of hydrogen-bond acceptors (Lipinski definition) is 3. The van der Waals surface area contributed by atoms with E-state index in [1.807, 2.05) is 0 Å². The molecule has 2 N–H and O–H groups in total. The second-order valence-electron chi connectivity index (χ2n) is 4.12. The maximum Gasteiger partial charge on any atom is 0.232 e. The largest absolute Gasteiger partial charge is 0.369 e. The van der Waals surface area contributed by atoms with Gasteiger partial charge in [0.15, 0.2) is 11.6 Å². The van der Waals surface area contributed by atoms with Crippen molar-refractivity contribution in [2.75, 3.05) is 18.1 Å². The summed E-state index contributed by atoms with van der Waals surface area (Å²) < 4.78 is 25.9. The highest BCUT2D eigenvalue weighted by molar-refractivity contribution is 8.00. The molecule has 1 rings (SSSR count). The van der Waals surface area contributed by atoms with Crippen LogP contribution in [-0.2, 0) is 16.1 Å². The molecule has 20 heavy (non-hydrogen) atoms. The van der Waals surface area contributed by atoms with Gasteiger partial charge >= 0.3 is 0 Å². The topological polar surface area (TPSA) is 63.4 Å². The van der Waals surface area contributed by atoms with Gasteiger partial charge in [0.05, 0.1) is 11.5 Å². The summed E-state index contributed by atoms with van der Waals surface area (Å²) in [6, 6.07) is 3.54. The Bertz CT molecular complexity index is 497. The second-order valence-corrected chi connectivity index (χ2v) is 5.10. The molecule has 110 valence electrons. The molecular formula is C13H16F2N2O2S. The molecule has 4 nitrogen and oxygen atoms in total. The summed E-state index contributed by atoms with van der Waals surface area (Å²) in [6.07, 6.45) is 0. The van der Waals surface area contributed by atoms with Crippen LogP contribution in [0.15, 0.2) is 18.2 Å². The van der Waals surface area contributed by atoms with Gasteiger partial charge in [0.25, 0.3) is 0 Å². The van der Waals surface area contributed by atoms with Crippen LogP contribution in [-0.4, -0.2) is 34.8 Å². The number of hydrogen-bond donors (Lipinski definition) is 1. The summed E-state index contributed by atoms with van der Waals surface area (Å²) in [5, 5.41) is 0. The third-order valence-corrected chi connectivity index (χ3v) is 3.50. The first kappa shape index (κ1) is 16.4. The highest BCUT2D eigenvalue weighted by atomic mass is 32.2. The molecule has 7 heteroatoms. The number of carbonyl (C=O) groups excluding carboxylic acids is 2. The maximum absolute atomic E-state index is 13.1. The maximum atomic E-state index is 13.1. The first-order valence-electron chi connectivity index (χ1n) is 6.01. The number of rotatable bonds is 7. The quantitative estimate of drug-likeness (QED) is 0.831. The zero-order valence-electron chi connectivity index (χ0n) is 11.1. The van der Waals surface area contributed by atoms with Crippen molar-refractivity contribution in [2.45, 2.75) is 13.5 Å². The molecule has 0 bridgehead atoms. The van der Waals surface area contributed by atoms with Crippen LogP contribution in [0, 0.1) is 11.6 Å². The van der Waals surface area contributed by atoms with Gasteiger partial charge in [-0.05, 0) is 24.6 Å². The Balaban J connectivity index is 2.59. The number of primary amides is 1. The molecule has 1 aromatic carbocycles. The monoisotopic (exact) mass is 302 g/mol. The molecule has 0 radical (unpaired) electrons. The average Bonchev–Trinajstić information content (AvgIpc) is 2.39. The lowest BCUT2D eigenvalue weighted by molar-refractivity contribution is -0.128. The molecule has 0 atom stereocenters. The van der Waals surface area contributed by atoms with E-state index < -0.39 is 17.5 Å². The van der Waals surface area contributed by atoms with Crippen molar-refractivity contribution >= 4 is 23.6 Å². The summed E-state index contributed by atoms with van der Waals surface area (Å²) >= 11 is 1.13. The Morgan fingerprint density at radius 3 is 2.50 bits per heavy atom. The van der Waals surface area contributed by atoms with Crippen LogP contribution >= 0.6 is 11.8 Å². The summed E-state index contributed by atoms with van der Waals surface area (Å²) in [5.41, 5.74) is 5.49. The number of thioether (sulfide) groups is 1. The average molecular weight is 302 g/mol. The van der Waals surface area contributed by atoms with Crippen LogP contribution in [0.4, 0.5) is 8.78 Å². The van der Waals surface area contributed by atoms with Crippen molar-refractivity contribution in [3.8, 4) is 0 Å². The number of amides is 2. The Hall–Kier alpha value is -1.63. The van der Waals surface area contributed by atoms with E-state index in [0.29, 0.717) is 12.1 Å². The van der Waals surface area contributed by atoms with Crippen molar-refractivity contribution in [2.24, 2.45) is 5.73 Å². The molecule has 0 saturated carbocycles. The fraction of sp³-hybridized carbons (Fsp3) is 0.385. The third-order valence-electron chi connectivity index (χ3n) is 2.56. The standard InChI is InChI=1S/C13H16F2N2O2S/c1-2-17(13(19)8-20-7-12(16)18)6-9-3-4-10(14)11(15)5-9/h3-5H,2,6-8H2,1H3,(H2,16,18). The number of benzene rings is 1. The van der Waals surface area contributed by atoms with Crippen LogP contribution in [0.5, 0.6) is 0 Å². The Morgan fingerprint density at radius 1 is 1.25 bits per heavy atom. The van der Waals surface area contributed by atoms with Crippen molar-refractivity contribution in [3.05, 3.63) is 35.4 Å². The molecule has 0 saturated heterocycles. The van der Waals surface area contributed by atoms with E-state index >= 15 is 0 Å². The van der Waals surface area contributed by atoms with Crippen molar-refractivity contribution in [3.63, 3.8) is 0 Å². The molecule has 1 aromatic rings. The van der Waals surface area contributed by atoms with Crippen LogP contribution < -0.4 is 5.73 Å². The van der Waals surface area contributed by atoms with Crippen LogP contribution in [0.2, 0.25) is 0 Å². The second kappa shape index (κ2) is 7.84. The highest BCUT2D eigenvalue weighted by Crippen LogP contribution is 2.12. The van der Waals surface area contributed by atoms with Crippen LogP contribution in [0.1, 0.15) is 12.5 Å². The van der Waals surface area contributed by atoms with E-state index in [-0.39, 0.29) is 24.0 Å². The highest BCUT2D eigenvalue weighted by Gasteiger charge is 2.13. The Labute approximate surface area is 120 Å². The zero-order chi connectivity index (χ0) is 15.1. The summed E-state index contributed by atoms with van der Waals surface area (Å²) in [5.74, 6) is -2.31. The summed E-state index contributed by atoms with van der Waals surface area (Å²) in [6.45, 7) is 2.43. The van der Waals surface area contributed by atoms with E-state index in [4.69, 9.17) is 5.73 Å². The minimum atomic E-state index is -0.936. The number of halogens is 2. The molecule has 0 unspecified atom stereocenters. The lowest BCUT2D eigenvalue weighted by atomic mass is 10.2. The molecule has 0 aliphatic carbocycles. The minimum absolute atomic E-state index is 0.0778. The molecule has 2 amide bonds. The molecule has 0 spiro atoms. The van der Waals surface area contributed by atoms with Crippen molar-refractivity contribution in [1.82, 2.24) is 4.90 Å². The predicted octanol–water partition coefficient (Wildman–Crippen LogP) is 1.53. The van der Waals surface area contributed by atoms with Crippen LogP contribution in [0.3, 0.4) is 0 Å². The minimum Gasteiger partial charge on any atom is -0.369 e. The van der Waals surface area contributed by atoms with Gasteiger partial charge in [-0.25, -0.2) is 8.78 Å². The van der Waals surface area contributed by atoms with Gasteiger partial charge in [-0.2, -0.15) is 0 Å². The third kappa shape index (κ3) is 5.16. The summed E-state index contributed by atoms with van der Waals surface area (Å²) in [4.78, 5) is 24.0. The van der Waals surface area contributed by atoms with Crippen LogP contribution in [0.25, 0.3) is 0 Å². The van der Waals surface area contributed by atoms with Gasteiger partial charge < -0.3 is 10.6 Å². The number of nitrogens with two attached hydrogens (primary N) is 1. The first-order chi connectivity index (χ1) is 9.43. The van der Waals surface area contributed by atoms with Gasteiger partial charge in [-0.1, -0.05) is 6.07 Å². The van der Waals surface area contributed by atoms with E-state index in [1.54, 1.807) is 6.92 Å². The van der Waals surface area contributed by atoms with Gasteiger partial charge in [-0.3, -0.25) is 9.59 Å². The Kier molecular flexibility index (Phi) is 6.44. The SMILES string of the molecule is CCN(Cc1ccc(F)c(F)c1)C(=O)CSCC(N)=O. The van der Waals surface area contributed by atoms with E-state index in [0.717, 1.165) is 23.9 Å². The normalized spacial score (nSPS) is 10.3. The fourth-order valence-corrected chi connectivity index (χ4v) is 2.23.